The van der Waals surface area contributed by atoms with Crippen LogP contribution >= 0.6 is 0 Å². The number of ketones is 1. The SMILES string of the molecule is COC(=O)[C@@]1(C)CC[C@@]2(C)CC[C@]3(C)C(=CC(=O)[C@@H]4[C@]5(C)CC[C@H](O)C(C)(C)[C@@H]5CC[C@@]43C)[C@@H]2C1. The van der Waals surface area contributed by atoms with Crippen LogP contribution in [0, 0.1) is 50.2 Å². The summed E-state index contributed by atoms with van der Waals surface area (Å²) in [5.41, 5.74) is 0.590. The van der Waals surface area contributed by atoms with Crippen LogP contribution in [-0.4, -0.2) is 30.1 Å². The molecule has 0 radical (unpaired) electrons. The standard InChI is InChI=1S/C31H48O4/c1-26(2)22-9-12-31(7)24(29(22,5)11-10-23(26)33)21(32)17-19-20-18-28(4,25(34)35-8)14-13-27(20,3)15-16-30(19,31)6/h17,20,22-24,33H,9-16,18H2,1-8H3/t20-,22-,23-,24+,27-,28-,29+,30+,31-/m0/s1. The van der Waals surface area contributed by atoms with Gasteiger partial charge in [0.25, 0.3) is 0 Å². The molecule has 0 aromatic heterocycles. The van der Waals surface area contributed by atoms with Crippen molar-refractivity contribution in [3.63, 3.8) is 0 Å². The Hall–Kier alpha value is -1.16. The fourth-order valence-corrected chi connectivity index (χ4v) is 10.6. The number of carbonyl (C=O) groups excluding carboxylic acids is 2. The molecule has 5 aliphatic carbocycles. The number of aliphatic hydroxyl groups excluding tert-OH is 1. The highest BCUT2D eigenvalue weighted by Gasteiger charge is 2.70. The van der Waals surface area contributed by atoms with E-state index in [1.54, 1.807) is 0 Å². The van der Waals surface area contributed by atoms with Crippen LogP contribution in [0.1, 0.15) is 106 Å². The second-order valence-electron chi connectivity index (χ2n) is 15.1. The minimum absolute atomic E-state index is 0.00536. The number of methoxy groups -OCH3 is 1. The Morgan fingerprint density at radius 1 is 0.943 bits per heavy atom. The lowest BCUT2D eigenvalue weighted by Gasteiger charge is -2.70. The smallest absolute Gasteiger partial charge is 0.311 e. The maximum absolute atomic E-state index is 14.3. The summed E-state index contributed by atoms with van der Waals surface area (Å²) < 4.78 is 5.25. The molecule has 5 rings (SSSR count). The molecular weight excluding hydrogens is 436 g/mol. The number of ether oxygens (including phenoxy) is 1. The third kappa shape index (κ3) is 3.07. The van der Waals surface area contributed by atoms with Gasteiger partial charge in [-0.3, -0.25) is 9.59 Å². The molecule has 35 heavy (non-hydrogen) atoms. The van der Waals surface area contributed by atoms with Crippen molar-refractivity contribution in [1.29, 1.82) is 0 Å². The van der Waals surface area contributed by atoms with Crippen LogP contribution in [0.25, 0.3) is 0 Å². The number of aliphatic hydroxyl groups is 1. The van der Waals surface area contributed by atoms with E-state index < -0.39 is 5.41 Å². The van der Waals surface area contributed by atoms with E-state index >= 15 is 0 Å². The number of allylic oxidation sites excluding steroid dienone is 2. The Labute approximate surface area is 212 Å². The first-order chi connectivity index (χ1) is 16.1. The molecule has 4 saturated carbocycles. The number of fused-ring (bicyclic) bond motifs is 7. The monoisotopic (exact) mass is 484 g/mol. The summed E-state index contributed by atoms with van der Waals surface area (Å²) in [6, 6.07) is 0. The van der Waals surface area contributed by atoms with Gasteiger partial charge in [0.15, 0.2) is 5.78 Å². The average molecular weight is 485 g/mol. The highest BCUT2D eigenvalue weighted by atomic mass is 16.5. The van der Waals surface area contributed by atoms with Gasteiger partial charge in [-0.25, -0.2) is 0 Å². The summed E-state index contributed by atoms with van der Waals surface area (Å²) in [5.74, 6) is 0.805. The molecule has 0 heterocycles. The van der Waals surface area contributed by atoms with Gasteiger partial charge in [0, 0.05) is 5.92 Å². The summed E-state index contributed by atoms with van der Waals surface area (Å²) in [5, 5.41) is 10.9. The van der Waals surface area contributed by atoms with Gasteiger partial charge < -0.3 is 9.84 Å². The predicted molar refractivity (Wildman–Crippen MR) is 137 cm³/mol. The van der Waals surface area contributed by atoms with Gasteiger partial charge in [-0.2, -0.15) is 0 Å². The number of hydrogen-bond donors (Lipinski definition) is 1. The van der Waals surface area contributed by atoms with E-state index in [-0.39, 0.29) is 51.0 Å². The molecule has 0 amide bonds. The van der Waals surface area contributed by atoms with Crippen molar-refractivity contribution in [3.05, 3.63) is 11.6 Å². The topological polar surface area (TPSA) is 63.6 Å². The lowest BCUT2D eigenvalue weighted by Crippen LogP contribution is -2.66. The van der Waals surface area contributed by atoms with Crippen LogP contribution < -0.4 is 0 Å². The summed E-state index contributed by atoms with van der Waals surface area (Å²) >= 11 is 0. The first kappa shape index (κ1) is 25.5. The molecule has 0 spiro atoms. The van der Waals surface area contributed by atoms with E-state index in [2.05, 4.69) is 54.5 Å². The van der Waals surface area contributed by atoms with Crippen molar-refractivity contribution in [2.75, 3.05) is 7.11 Å². The van der Waals surface area contributed by atoms with Crippen LogP contribution in [0.3, 0.4) is 0 Å². The lowest BCUT2D eigenvalue weighted by molar-refractivity contribution is -0.202. The van der Waals surface area contributed by atoms with Crippen molar-refractivity contribution in [3.8, 4) is 0 Å². The molecule has 5 aliphatic rings. The lowest BCUT2D eigenvalue weighted by atomic mass is 9.33. The van der Waals surface area contributed by atoms with Crippen LogP contribution in [0.5, 0.6) is 0 Å². The summed E-state index contributed by atoms with van der Waals surface area (Å²) in [6.45, 7) is 16.2. The molecule has 0 aromatic rings. The van der Waals surface area contributed by atoms with Crippen molar-refractivity contribution in [2.24, 2.45) is 50.2 Å². The normalized spacial score (nSPS) is 52.8. The minimum Gasteiger partial charge on any atom is -0.469 e. The summed E-state index contributed by atoms with van der Waals surface area (Å²) in [6.07, 6.45) is 10.5. The molecule has 196 valence electrons. The van der Waals surface area contributed by atoms with Crippen LogP contribution in [0.4, 0.5) is 0 Å². The Morgan fingerprint density at radius 2 is 1.60 bits per heavy atom. The zero-order chi connectivity index (χ0) is 25.8. The van der Waals surface area contributed by atoms with E-state index in [1.165, 1.54) is 12.7 Å². The third-order valence-electron chi connectivity index (χ3n) is 13.2. The van der Waals surface area contributed by atoms with Crippen LogP contribution in [0.2, 0.25) is 0 Å². The maximum Gasteiger partial charge on any atom is 0.311 e. The van der Waals surface area contributed by atoms with Gasteiger partial charge in [-0.05, 0) is 110 Å². The molecule has 1 N–H and O–H groups in total. The van der Waals surface area contributed by atoms with Gasteiger partial charge in [0.1, 0.15) is 0 Å². The maximum atomic E-state index is 14.3. The zero-order valence-electron chi connectivity index (χ0n) is 23.4. The Kier molecular flexibility index (Phi) is 5.43. The van der Waals surface area contributed by atoms with Gasteiger partial charge in [-0.15, -0.1) is 0 Å². The first-order valence-electron chi connectivity index (χ1n) is 14.1. The molecular formula is C31H48O4. The largest absolute Gasteiger partial charge is 0.469 e. The van der Waals surface area contributed by atoms with Crippen molar-refractivity contribution in [1.82, 2.24) is 0 Å². The third-order valence-corrected chi connectivity index (χ3v) is 13.2. The van der Waals surface area contributed by atoms with E-state index in [1.807, 2.05) is 0 Å². The Morgan fingerprint density at radius 3 is 2.26 bits per heavy atom. The van der Waals surface area contributed by atoms with Crippen molar-refractivity contribution in [2.45, 2.75) is 112 Å². The highest BCUT2D eigenvalue weighted by molar-refractivity contribution is 5.95. The quantitative estimate of drug-likeness (QED) is 0.431. The van der Waals surface area contributed by atoms with Crippen LogP contribution in [-0.2, 0) is 14.3 Å². The zero-order valence-corrected chi connectivity index (χ0v) is 23.4. The van der Waals surface area contributed by atoms with E-state index in [0.717, 1.165) is 57.8 Å². The Bertz CT molecular complexity index is 980. The Balaban J connectivity index is 1.61. The van der Waals surface area contributed by atoms with E-state index in [9.17, 15) is 14.7 Å². The number of carbonyl (C=O) groups is 2. The fraction of sp³-hybridized carbons (Fsp3) is 0.871. The van der Waals surface area contributed by atoms with Gasteiger partial charge in [-0.1, -0.05) is 47.1 Å². The molecule has 4 nitrogen and oxygen atoms in total. The number of rotatable bonds is 1. The van der Waals surface area contributed by atoms with Crippen molar-refractivity contribution < 1.29 is 19.4 Å². The predicted octanol–water partition coefficient (Wildman–Crippen LogP) is 6.50. The second-order valence-corrected chi connectivity index (χ2v) is 15.1. The van der Waals surface area contributed by atoms with Gasteiger partial charge >= 0.3 is 5.97 Å². The molecule has 0 unspecified atom stereocenters. The van der Waals surface area contributed by atoms with Gasteiger partial charge in [0.05, 0.1) is 18.6 Å². The second kappa shape index (κ2) is 7.45. The van der Waals surface area contributed by atoms with E-state index in [0.29, 0.717) is 11.7 Å². The summed E-state index contributed by atoms with van der Waals surface area (Å²) in [4.78, 5) is 27.1. The van der Waals surface area contributed by atoms with Crippen molar-refractivity contribution >= 4 is 11.8 Å². The number of hydrogen-bond acceptors (Lipinski definition) is 4. The first-order valence-corrected chi connectivity index (χ1v) is 14.1. The molecule has 4 fully saturated rings. The van der Waals surface area contributed by atoms with Crippen LogP contribution in [0.15, 0.2) is 11.6 Å². The summed E-state index contributed by atoms with van der Waals surface area (Å²) in [7, 11) is 1.50. The average Bonchev–Trinajstić information content (AvgIpc) is 2.78. The number of esters is 1. The van der Waals surface area contributed by atoms with E-state index in [4.69, 9.17) is 4.74 Å². The molecule has 0 aromatic carbocycles. The molecule has 0 bridgehead atoms. The molecule has 0 saturated heterocycles. The highest BCUT2D eigenvalue weighted by Crippen LogP contribution is 2.75. The minimum atomic E-state index is -0.480. The fourth-order valence-electron chi connectivity index (χ4n) is 10.6. The molecule has 0 aliphatic heterocycles. The molecule has 9 atom stereocenters. The molecule has 4 heteroatoms. The van der Waals surface area contributed by atoms with Gasteiger partial charge in [0.2, 0.25) is 0 Å².